The van der Waals surface area contributed by atoms with Gasteiger partial charge in [0.1, 0.15) is 11.6 Å². The van der Waals surface area contributed by atoms with Crippen molar-refractivity contribution in [2.75, 3.05) is 7.11 Å². The number of methoxy groups -OCH3 is 1. The van der Waals surface area contributed by atoms with Gasteiger partial charge in [-0.25, -0.2) is 9.07 Å². The van der Waals surface area contributed by atoms with Gasteiger partial charge in [-0.15, -0.1) is 0 Å². The molecule has 4 rings (SSSR count). The molecule has 0 N–H and O–H groups in total. The van der Waals surface area contributed by atoms with Crippen molar-refractivity contribution in [2.24, 2.45) is 0 Å². The van der Waals surface area contributed by atoms with Crippen LogP contribution in [0.25, 0.3) is 27.4 Å². The van der Waals surface area contributed by atoms with Crippen molar-refractivity contribution in [3.8, 4) is 11.4 Å². The molecule has 23 heavy (non-hydrogen) atoms. The molecule has 0 saturated heterocycles. The third-order valence-electron chi connectivity index (χ3n) is 4.11. The van der Waals surface area contributed by atoms with Gasteiger partial charge in [0.2, 0.25) is 0 Å². The second-order valence-corrected chi connectivity index (χ2v) is 5.50. The zero-order valence-corrected chi connectivity index (χ0v) is 12.9. The minimum atomic E-state index is -0.280. The summed E-state index contributed by atoms with van der Waals surface area (Å²) < 4.78 is 21.1. The van der Waals surface area contributed by atoms with Crippen molar-refractivity contribution in [1.82, 2.24) is 9.78 Å². The van der Waals surface area contributed by atoms with Crippen LogP contribution in [0.15, 0.2) is 54.6 Å². The first-order valence-corrected chi connectivity index (χ1v) is 7.40. The Morgan fingerprint density at radius 2 is 1.74 bits per heavy atom. The number of hydrogen-bond acceptors (Lipinski definition) is 2. The van der Waals surface area contributed by atoms with E-state index >= 15 is 0 Å². The maximum atomic E-state index is 13.7. The zero-order valence-electron chi connectivity index (χ0n) is 12.9. The maximum Gasteiger partial charge on any atom is 0.127 e. The average molecular weight is 306 g/mol. The lowest BCUT2D eigenvalue weighted by Crippen LogP contribution is -1.97. The van der Waals surface area contributed by atoms with E-state index in [1.54, 1.807) is 13.2 Å². The molecule has 0 unspecified atom stereocenters. The molecule has 0 fully saturated rings. The quantitative estimate of drug-likeness (QED) is 0.539. The Morgan fingerprint density at radius 3 is 2.48 bits per heavy atom. The Hall–Kier alpha value is -2.88. The molecule has 3 nitrogen and oxygen atoms in total. The number of benzene rings is 3. The molecule has 0 aliphatic heterocycles. The number of aryl methyl sites for hydroxylation is 1. The van der Waals surface area contributed by atoms with E-state index < -0.39 is 0 Å². The Morgan fingerprint density at radius 1 is 0.957 bits per heavy atom. The zero-order chi connectivity index (χ0) is 16.0. The van der Waals surface area contributed by atoms with Gasteiger partial charge in [0.05, 0.1) is 24.0 Å². The van der Waals surface area contributed by atoms with Crippen LogP contribution in [0.2, 0.25) is 0 Å². The Bertz CT molecular complexity index is 1020. The minimum absolute atomic E-state index is 0.280. The van der Waals surface area contributed by atoms with Gasteiger partial charge < -0.3 is 4.74 Å². The summed E-state index contributed by atoms with van der Waals surface area (Å²) in [7, 11) is 1.60. The van der Waals surface area contributed by atoms with Crippen molar-refractivity contribution >= 4 is 21.7 Å². The molecule has 1 aromatic heterocycles. The molecule has 0 bridgehead atoms. The van der Waals surface area contributed by atoms with Crippen LogP contribution in [0.4, 0.5) is 4.39 Å². The second kappa shape index (κ2) is 5.09. The first kappa shape index (κ1) is 13.8. The minimum Gasteiger partial charge on any atom is -0.496 e. The maximum absolute atomic E-state index is 13.7. The summed E-state index contributed by atoms with van der Waals surface area (Å²) in [5, 5.41) is 7.35. The van der Waals surface area contributed by atoms with Gasteiger partial charge in [-0.2, -0.15) is 5.10 Å². The van der Waals surface area contributed by atoms with Gasteiger partial charge in [0.25, 0.3) is 0 Å². The van der Waals surface area contributed by atoms with Gasteiger partial charge in [0, 0.05) is 16.2 Å². The summed E-state index contributed by atoms with van der Waals surface area (Å²) in [6.45, 7) is 1.97. The van der Waals surface area contributed by atoms with Gasteiger partial charge in [-0.3, -0.25) is 0 Å². The van der Waals surface area contributed by atoms with Crippen LogP contribution in [-0.2, 0) is 0 Å². The molecular weight excluding hydrogens is 291 g/mol. The van der Waals surface area contributed by atoms with Crippen LogP contribution in [0.5, 0.6) is 5.75 Å². The third-order valence-corrected chi connectivity index (χ3v) is 4.11. The third kappa shape index (κ3) is 2.06. The van der Waals surface area contributed by atoms with Gasteiger partial charge >= 0.3 is 0 Å². The van der Waals surface area contributed by atoms with E-state index in [1.807, 2.05) is 48.0 Å². The van der Waals surface area contributed by atoms with Crippen LogP contribution >= 0.6 is 0 Å². The van der Waals surface area contributed by atoms with Crippen LogP contribution in [0.3, 0.4) is 0 Å². The Labute approximate surface area is 132 Å². The van der Waals surface area contributed by atoms with E-state index in [-0.39, 0.29) is 5.82 Å². The number of nitrogens with zero attached hydrogens (tertiary/aromatic N) is 2. The first-order valence-electron chi connectivity index (χ1n) is 7.40. The van der Waals surface area contributed by atoms with Crippen molar-refractivity contribution in [3.63, 3.8) is 0 Å². The summed E-state index contributed by atoms with van der Waals surface area (Å²) >= 11 is 0. The fraction of sp³-hybridized carbons (Fsp3) is 0.105. The molecule has 4 heteroatoms. The molecule has 0 aliphatic carbocycles. The topological polar surface area (TPSA) is 27.1 Å². The van der Waals surface area contributed by atoms with Crippen molar-refractivity contribution in [3.05, 3.63) is 66.1 Å². The monoisotopic (exact) mass is 306 g/mol. The highest BCUT2D eigenvalue weighted by Crippen LogP contribution is 2.36. The molecular formula is C19H15FN2O. The number of aromatic nitrogens is 2. The van der Waals surface area contributed by atoms with Crippen LogP contribution in [-0.4, -0.2) is 16.9 Å². The number of para-hydroxylation sites is 1. The van der Waals surface area contributed by atoms with Gasteiger partial charge in [-0.1, -0.05) is 18.2 Å². The highest BCUT2D eigenvalue weighted by Gasteiger charge is 2.16. The molecule has 0 atom stereocenters. The van der Waals surface area contributed by atoms with E-state index in [4.69, 9.17) is 4.74 Å². The number of hydrogen-bond donors (Lipinski definition) is 0. The number of fused-ring (bicyclic) bond motifs is 3. The molecule has 0 spiro atoms. The fourth-order valence-electron chi connectivity index (χ4n) is 3.03. The summed E-state index contributed by atoms with van der Waals surface area (Å²) in [4.78, 5) is 0. The van der Waals surface area contributed by atoms with E-state index in [0.717, 1.165) is 33.1 Å². The molecule has 4 aromatic rings. The normalized spacial score (nSPS) is 11.3. The molecule has 114 valence electrons. The highest BCUT2D eigenvalue weighted by molar-refractivity contribution is 6.10. The predicted molar refractivity (Wildman–Crippen MR) is 89.8 cm³/mol. The van der Waals surface area contributed by atoms with Gasteiger partial charge in [-0.05, 0) is 43.3 Å². The summed E-state index contributed by atoms with van der Waals surface area (Å²) in [5.41, 5.74) is 2.85. The molecule has 0 amide bonds. The Balaban J connectivity index is 2.19. The predicted octanol–water partition coefficient (Wildman–Crippen LogP) is 4.63. The lowest BCUT2D eigenvalue weighted by atomic mass is 10.0. The van der Waals surface area contributed by atoms with Crippen molar-refractivity contribution in [2.45, 2.75) is 6.92 Å². The molecule has 1 heterocycles. The van der Waals surface area contributed by atoms with Crippen molar-refractivity contribution < 1.29 is 9.13 Å². The van der Waals surface area contributed by atoms with Crippen LogP contribution < -0.4 is 4.74 Å². The number of ether oxygens (including phenoxy) is 1. The van der Waals surface area contributed by atoms with Crippen LogP contribution in [0.1, 0.15) is 5.69 Å². The fourth-order valence-corrected chi connectivity index (χ4v) is 3.03. The smallest absolute Gasteiger partial charge is 0.127 e. The second-order valence-electron chi connectivity index (χ2n) is 5.50. The van der Waals surface area contributed by atoms with E-state index in [1.165, 1.54) is 12.1 Å². The Kier molecular flexibility index (Phi) is 3.05. The lowest BCUT2D eigenvalue weighted by molar-refractivity contribution is 0.420. The molecule has 0 aliphatic rings. The highest BCUT2D eigenvalue weighted by atomic mass is 19.1. The number of rotatable bonds is 2. The average Bonchev–Trinajstić information content (AvgIpc) is 2.91. The lowest BCUT2D eigenvalue weighted by Gasteiger charge is -2.10. The van der Waals surface area contributed by atoms with E-state index in [0.29, 0.717) is 5.75 Å². The standard InChI is InChI=1S/C19H15FN2O/c1-12-16-11-18(23-2)17-10-13(20)8-9-15(17)19(16)22(21-12)14-6-4-3-5-7-14/h3-11H,1-2H3. The first-order chi connectivity index (χ1) is 11.2. The molecule has 0 radical (unpaired) electrons. The molecule has 3 aromatic carbocycles. The summed E-state index contributed by atoms with van der Waals surface area (Å²) in [5.74, 6) is 0.375. The van der Waals surface area contributed by atoms with Crippen molar-refractivity contribution in [1.29, 1.82) is 0 Å². The SMILES string of the molecule is COc1cc2c(C)nn(-c3ccccc3)c2c2ccc(F)cc12. The van der Waals surface area contributed by atoms with Gasteiger partial charge in [0.15, 0.2) is 0 Å². The number of halogens is 1. The van der Waals surface area contributed by atoms with E-state index in [2.05, 4.69) is 5.10 Å². The van der Waals surface area contributed by atoms with E-state index in [9.17, 15) is 4.39 Å². The summed E-state index contributed by atoms with van der Waals surface area (Å²) in [6.07, 6.45) is 0. The molecule has 0 saturated carbocycles. The van der Waals surface area contributed by atoms with Crippen LogP contribution in [0, 0.1) is 12.7 Å². The summed E-state index contributed by atoms with van der Waals surface area (Å²) in [6, 6.07) is 16.6. The largest absolute Gasteiger partial charge is 0.496 e.